The van der Waals surface area contributed by atoms with Gasteiger partial charge in [0, 0.05) is 16.3 Å². The average Bonchev–Trinajstić information content (AvgIpc) is 3.47. The van der Waals surface area contributed by atoms with Crippen LogP contribution in [0.25, 0.3) is 28.0 Å². The minimum Gasteiger partial charge on any atom is -0.497 e. The van der Waals surface area contributed by atoms with Gasteiger partial charge in [0.2, 0.25) is 0 Å². The molecule has 0 spiro atoms. The zero-order valence-electron chi connectivity index (χ0n) is 17.9. The maximum Gasteiger partial charge on any atom is 0.291 e. The standard InChI is InChI=1S/C25H19ClN4O3/c1-15-12-21-22(29-30(28-21)18-6-8-19(32-2)9-7-18)14-20(15)27-25(31)24-11-10-23(33-24)16-4-3-5-17(26)13-16/h3-14H,1-2H3,(H,27,31). The number of rotatable bonds is 5. The van der Waals surface area contributed by atoms with Gasteiger partial charge in [-0.05, 0) is 73.2 Å². The molecule has 0 aliphatic heterocycles. The van der Waals surface area contributed by atoms with Crippen molar-refractivity contribution in [1.29, 1.82) is 0 Å². The summed E-state index contributed by atoms with van der Waals surface area (Å²) < 4.78 is 11.0. The second-order valence-corrected chi connectivity index (χ2v) is 7.91. The minimum absolute atomic E-state index is 0.200. The SMILES string of the molecule is COc1ccc(-n2nc3cc(C)c(NC(=O)c4ccc(-c5cccc(Cl)c5)o4)cc3n2)cc1. The monoisotopic (exact) mass is 458 g/mol. The highest BCUT2D eigenvalue weighted by Crippen LogP contribution is 2.27. The third-order valence-electron chi connectivity index (χ3n) is 5.22. The molecule has 1 N–H and O–H groups in total. The molecule has 5 aromatic rings. The van der Waals surface area contributed by atoms with E-state index in [4.69, 9.17) is 20.8 Å². The predicted molar refractivity (Wildman–Crippen MR) is 127 cm³/mol. The largest absolute Gasteiger partial charge is 0.497 e. The summed E-state index contributed by atoms with van der Waals surface area (Å²) in [6.07, 6.45) is 0. The van der Waals surface area contributed by atoms with Crippen molar-refractivity contribution in [1.82, 2.24) is 15.0 Å². The molecule has 0 unspecified atom stereocenters. The summed E-state index contributed by atoms with van der Waals surface area (Å²) in [6, 6.07) is 21.8. The molecule has 33 heavy (non-hydrogen) atoms. The van der Waals surface area contributed by atoms with E-state index < -0.39 is 0 Å². The maximum absolute atomic E-state index is 12.8. The van der Waals surface area contributed by atoms with Crippen LogP contribution in [-0.2, 0) is 0 Å². The lowest BCUT2D eigenvalue weighted by Gasteiger charge is -2.06. The molecule has 0 atom stereocenters. The number of carbonyl (C=O) groups is 1. The third-order valence-corrected chi connectivity index (χ3v) is 5.45. The number of nitrogens with one attached hydrogen (secondary N) is 1. The van der Waals surface area contributed by atoms with Crippen LogP contribution in [0.2, 0.25) is 5.02 Å². The number of aromatic nitrogens is 3. The number of methoxy groups -OCH3 is 1. The van der Waals surface area contributed by atoms with Crippen LogP contribution in [0.5, 0.6) is 5.75 Å². The number of ether oxygens (including phenoxy) is 1. The molecule has 0 saturated heterocycles. The lowest BCUT2D eigenvalue weighted by Crippen LogP contribution is -2.11. The van der Waals surface area contributed by atoms with Gasteiger partial charge < -0.3 is 14.5 Å². The molecule has 5 rings (SSSR count). The Morgan fingerprint density at radius 3 is 2.48 bits per heavy atom. The van der Waals surface area contributed by atoms with Crippen molar-refractivity contribution in [2.45, 2.75) is 6.92 Å². The maximum atomic E-state index is 12.8. The number of hydrogen-bond donors (Lipinski definition) is 1. The van der Waals surface area contributed by atoms with Crippen LogP contribution in [0, 0.1) is 6.92 Å². The van der Waals surface area contributed by atoms with Gasteiger partial charge in [0.25, 0.3) is 5.91 Å². The molecule has 0 saturated carbocycles. The first-order valence-electron chi connectivity index (χ1n) is 10.2. The van der Waals surface area contributed by atoms with Crippen molar-refractivity contribution in [2.24, 2.45) is 0 Å². The predicted octanol–water partition coefficient (Wildman–Crippen LogP) is 5.90. The van der Waals surface area contributed by atoms with Gasteiger partial charge in [0.1, 0.15) is 22.5 Å². The Kier molecular flexibility index (Phi) is 5.32. The van der Waals surface area contributed by atoms with E-state index in [0.717, 1.165) is 28.1 Å². The van der Waals surface area contributed by atoms with Gasteiger partial charge in [-0.1, -0.05) is 23.7 Å². The third kappa shape index (κ3) is 4.18. The molecular formula is C25H19ClN4O3. The highest BCUT2D eigenvalue weighted by molar-refractivity contribution is 6.30. The molecule has 8 heteroatoms. The summed E-state index contributed by atoms with van der Waals surface area (Å²) in [5.74, 6) is 1.17. The summed E-state index contributed by atoms with van der Waals surface area (Å²) in [7, 11) is 1.62. The van der Waals surface area contributed by atoms with Crippen LogP contribution in [0.3, 0.4) is 0 Å². The van der Waals surface area contributed by atoms with Gasteiger partial charge in [0.15, 0.2) is 5.76 Å². The van der Waals surface area contributed by atoms with Gasteiger partial charge in [-0.15, -0.1) is 10.2 Å². The molecule has 1 amide bonds. The van der Waals surface area contributed by atoms with Crippen LogP contribution in [0.15, 0.2) is 77.2 Å². The Morgan fingerprint density at radius 2 is 1.76 bits per heavy atom. The minimum atomic E-state index is -0.353. The Balaban J connectivity index is 1.39. The number of nitrogens with zero attached hydrogens (tertiary/aromatic N) is 3. The second-order valence-electron chi connectivity index (χ2n) is 7.47. The second kappa shape index (κ2) is 8.44. The van der Waals surface area contributed by atoms with Gasteiger partial charge in [-0.2, -0.15) is 4.80 Å². The summed E-state index contributed by atoms with van der Waals surface area (Å²) in [6.45, 7) is 1.90. The molecule has 7 nitrogen and oxygen atoms in total. The average molecular weight is 459 g/mol. The number of hydrogen-bond acceptors (Lipinski definition) is 5. The molecule has 3 aromatic carbocycles. The summed E-state index contributed by atoms with van der Waals surface area (Å²) in [5, 5.41) is 12.6. The van der Waals surface area contributed by atoms with E-state index in [1.54, 1.807) is 42.2 Å². The number of benzene rings is 3. The number of halogens is 1. The molecule has 2 heterocycles. The van der Waals surface area contributed by atoms with Gasteiger partial charge in [-0.25, -0.2) is 0 Å². The van der Waals surface area contributed by atoms with E-state index >= 15 is 0 Å². The van der Waals surface area contributed by atoms with Gasteiger partial charge >= 0.3 is 0 Å². The van der Waals surface area contributed by atoms with Crippen molar-refractivity contribution in [3.63, 3.8) is 0 Å². The van der Waals surface area contributed by atoms with E-state index in [1.807, 2.05) is 49.4 Å². The van der Waals surface area contributed by atoms with E-state index in [-0.39, 0.29) is 11.7 Å². The van der Waals surface area contributed by atoms with Crippen molar-refractivity contribution in [3.8, 4) is 22.8 Å². The fourth-order valence-electron chi connectivity index (χ4n) is 3.47. The molecule has 0 bridgehead atoms. The molecule has 0 radical (unpaired) electrons. The van der Waals surface area contributed by atoms with Gasteiger partial charge in [0.05, 0.1) is 12.8 Å². The first-order chi connectivity index (χ1) is 16.0. The fraction of sp³-hybridized carbons (Fsp3) is 0.0800. The van der Waals surface area contributed by atoms with Crippen LogP contribution >= 0.6 is 11.6 Å². The quantitative estimate of drug-likeness (QED) is 0.354. The Labute approximate surface area is 194 Å². The van der Waals surface area contributed by atoms with Crippen LogP contribution in [0.4, 0.5) is 5.69 Å². The number of aryl methyl sites for hydroxylation is 1. The highest BCUT2D eigenvalue weighted by atomic mass is 35.5. The normalized spacial score (nSPS) is 11.0. The van der Waals surface area contributed by atoms with E-state index in [0.29, 0.717) is 22.0 Å². The number of fused-ring (bicyclic) bond motifs is 1. The first-order valence-corrected chi connectivity index (χ1v) is 10.6. The van der Waals surface area contributed by atoms with E-state index in [2.05, 4.69) is 15.5 Å². The lowest BCUT2D eigenvalue weighted by atomic mass is 10.1. The first kappa shape index (κ1) is 20.8. The molecule has 164 valence electrons. The summed E-state index contributed by atoms with van der Waals surface area (Å²) >= 11 is 6.05. The van der Waals surface area contributed by atoms with Crippen LogP contribution in [-0.4, -0.2) is 28.0 Å². The number of furan rings is 1. The topological polar surface area (TPSA) is 82.2 Å². The molecule has 0 aliphatic carbocycles. The smallest absolute Gasteiger partial charge is 0.291 e. The number of amides is 1. The molecule has 2 aromatic heterocycles. The Hall–Kier alpha value is -4.10. The lowest BCUT2D eigenvalue weighted by molar-refractivity contribution is 0.0997. The van der Waals surface area contributed by atoms with Gasteiger partial charge in [-0.3, -0.25) is 4.79 Å². The fourth-order valence-corrected chi connectivity index (χ4v) is 3.66. The zero-order valence-corrected chi connectivity index (χ0v) is 18.6. The van der Waals surface area contributed by atoms with Crippen molar-refractivity contribution >= 4 is 34.2 Å². The molecular weight excluding hydrogens is 440 g/mol. The molecule has 0 aliphatic rings. The van der Waals surface area contributed by atoms with Crippen molar-refractivity contribution in [2.75, 3.05) is 12.4 Å². The van der Waals surface area contributed by atoms with E-state index in [9.17, 15) is 4.79 Å². The Bertz CT molecular complexity index is 1470. The number of carbonyl (C=O) groups excluding carboxylic acids is 1. The molecule has 0 fully saturated rings. The van der Waals surface area contributed by atoms with E-state index in [1.165, 1.54) is 0 Å². The van der Waals surface area contributed by atoms with Crippen LogP contribution < -0.4 is 10.1 Å². The highest BCUT2D eigenvalue weighted by Gasteiger charge is 2.15. The summed E-state index contributed by atoms with van der Waals surface area (Å²) in [4.78, 5) is 14.4. The van der Waals surface area contributed by atoms with Crippen molar-refractivity contribution in [3.05, 3.63) is 89.1 Å². The summed E-state index contributed by atoms with van der Waals surface area (Å²) in [5.41, 5.74) is 4.48. The van der Waals surface area contributed by atoms with Crippen LogP contribution in [0.1, 0.15) is 16.1 Å². The zero-order chi connectivity index (χ0) is 22.9. The van der Waals surface area contributed by atoms with Crippen molar-refractivity contribution < 1.29 is 13.9 Å². The Morgan fingerprint density at radius 1 is 1.00 bits per heavy atom. The number of anilines is 1.